The normalized spacial score (nSPS) is 15.7. The molecule has 0 spiro atoms. The molecule has 1 amide bonds. The van der Waals surface area contributed by atoms with Crippen molar-refractivity contribution < 1.29 is 4.79 Å². The SMILES string of the molecule is CNc1ccc(N)cc1C(=O)N1CCNCC1. The van der Waals surface area contributed by atoms with E-state index in [1.165, 1.54) is 0 Å². The van der Waals surface area contributed by atoms with Crippen LogP contribution in [0, 0.1) is 0 Å². The van der Waals surface area contributed by atoms with Gasteiger partial charge in [-0.3, -0.25) is 4.79 Å². The van der Waals surface area contributed by atoms with Crippen LogP contribution < -0.4 is 16.4 Å². The number of nitrogens with one attached hydrogen (secondary N) is 2. The Balaban J connectivity index is 2.25. The molecule has 92 valence electrons. The third-order valence-corrected chi connectivity index (χ3v) is 2.95. The molecule has 1 fully saturated rings. The summed E-state index contributed by atoms with van der Waals surface area (Å²) in [6, 6.07) is 5.36. The zero-order valence-electron chi connectivity index (χ0n) is 9.99. The summed E-state index contributed by atoms with van der Waals surface area (Å²) in [6.07, 6.45) is 0. The van der Waals surface area contributed by atoms with Gasteiger partial charge < -0.3 is 21.3 Å². The number of benzene rings is 1. The van der Waals surface area contributed by atoms with Gasteiger partial charge in [0.2, 0.25) is 0 Å². The zero-order chi connectivity index (χ0) is 12.3. The molecule has 1 aliphatic rings. The lowest BCUT2D eigenvalue weighted by Gasteiger charge is -2.28. The van der Waals surface area contributed by atoms with E-state index in [0.29, 0.717) is 11.3 Å². The van der Waals surface area contributed by atoms with Gasteiger partial charge in [0.05, 0.1) is 5.56 Å². The molecule has 5 heteroatoms. The number of carbonyl (C=O) groups excluding carboxylic acids is 1. The third-order valence-electron chi connectivity index (χ3n) is 2.95. The van der Waals surface area contributed by atoms with Crippen LogP contribution in [0.2, 0.25) is 0 Å². The molecule has 0 radical (unpaired) electrons. The first-order valence-corrected chi connectivity index (χ1v) is 5.79. The standard InChI is InChI=1S/C12H18N4O/c1-14-11-3-2-9(13)8-10(11)12(17)16-6-4-15-5-7-16/h2-3,8,14-15H,4-7,13H2,1H3. The van der Waals surface area contributed by atoms with E-state index in [9.17, 15) is 4.79 Å². The molecular weight excluding hydrogens is 216 g/mol. The van der Waals surface area contributed by atoms with Crippen molar-refractivity contribution in [2.75, 3.05) is 44.3 Å². The smallest absolute Gasteiger partial charge is 0.256 e. The van der Waals surface area contributed by atoms with E-state index < -0.39 is 0 Å². The lowest BCUT2D eigenvalue weighted by atomic mass is 10.1. The van der Waals surface area contributed by atoms with Crippen molar-refractivity contribution in [1.29, 1.82) is 0 Å². The molecule has 1 saturated heterocycles. The first-order chi connectivity index (χ1) is 8.22. The Labute approximate surface area is 101 Å². The highest BCUT2D eigenvalue weighted by atomic mass is 16.2. The molecule has 2 rings (SSSR count). The number of hydrogen-bond donors (Lipinski definition) is 3. The second-order valence-corrected chi connectivity index (χ2v) is 4.10. The average molecular weight is 234 g/mol. The molecule has 0 atom stereocenters. The van der Waals surface area contributed by atoms with Crippen LogP contribution >= 0.6 is 0 Å². The highest BCUT2D eigenvalue weighted by Crippen LogP contribution is 2.20. The predicted molar refractivity (Wildman–Crippen MR) is 69.2 cm³/mol. The number of amides is 1. The number of anilines is 2. The highest BCUT2D eigenvalue weighted by Gasteiger charge is 2.20. The Morgan fingerprint density at radius 3 is 2.76 bits per heavy atom. The fourth-order valence-electron chi connectivity index (χ4n) is 2.00. The van der Waals surface area contributed by atoms with Gasteiger partial charge in [-0.05, 0) is 18.2 Å². The van der Waals surface area contributed by atoms with Crippen molar-refractivity contribution >= 4 is 17.3 Å². The van der Waals surface area contributed by atoms with Crippen LogP contribution in [-0.4, -0.2) is 44.0 Å². The lowest BCUT2D eigenvalue weighted by molar-refractivity contribution is 0.0737. The summed E-state index contributed by atoms with van der Waals surface area (Å²) in [5.74, 6) is 0.0446. The summed E-state index contributed by atoms with van der Waals surface area (Å²) in [4.78, 5) is 14.2. The van der Waals surface area contributed by atoms with E-state index in [2.05, 4.69) is 10.6 Å². The average Bonchev–Trinajstić information content (AvgIpc) is 2.39. The Bertz CT molecular complexity index is 413. The molecule has 5 nitrogen and oxygen atoms in total. The van der Waals surface area contributed by atoms with Crippen LogP contribution in [0.3, 0.4) is 0 Å². The number of hydrogen-bond acceptors (Lipinski definition) is 4. The number of carbonyl (C=O) groups is 1. The zero-order valence-corrected chi connectivity index (χ0v) is 9.99. The first kappa shape index (κ1) is 11.7. The van der Waals surface area contributed by atoms with Crippen LogP contribution in [0.15, 0.2) is 18.2 Å². The van der Waals surface area contributed by atoms with Crippen molar-refractivity contribution in [3.05, 3.63) is 23.8 Å². The van der Waals surface area contributed by atoms with Crippen LogP contribution in [0.1, 0.15) is 10.4 Å². The Kier molecular flexibility index (Phi) is 3.49. The fraction of sp³-hybridized carbons (Fsp3) is 0.417. The quantitative estimate of drug-likeness (QED) is 0.646. The Morgan fingerprint density at radius 2 is 2.12 bits per heavy atom. The Morgan fingerprint density at radius 1 is 1.41 bits per heavy atom. The van der Waals surface area contributed by atoms with Gasteiger partial charge in [0.1, 0.15) is 0 Å². The number of nitrogens with zero attached hydrogens (tertiary/aromatic N) is 1. The molecule has 0 aromatic heterocycles. The highest BCUT2D eigenvalue weighted by molar-refractivity contribution is 6.00. The van der Waals surface area contributed by atoms with Crippen molar-refractivity contribution in [3.63, 3.8) is 0 Å². The minimum absolute atomic E-state index is 0.0446. The maximum absolute atomic E-state index is 12.3. The third kappa shape index (κ3) is 2.50. The number of nitrogen functional groups attached to an aromatic ring is 1. The summed E-state index contributed by atoms with van der Waals surface area (Å²) in [5.41, 5.74) is 7.82. The molecule has 1 heterocycles. The molecular formula is C12H18N4O. The van der Waals surface area contributed by atoms with Crippen molar-refractivity contribution in [3.8, 4) is 0 Å². The van der Waals surface area contributed by atoms with E-state index in [1.807, 2.05) is 11.0 Å². The minimum atomic E-state index is 0.0446. The van der Waals surface area contributed by atoms with Gasteiger partial charge in [0.15, 0.2) is 0 Å². The van der Waals surface area contributed by atoms with Crippen molar-refractivity contribution in [2.24, 2.45) is 0 Å². The molecule has 0 bridgehead atoms. The molecule has 0 aliphatic carbocycles. The molecule has 1 aliphatic heterocycles. The largest absolute Gasteiger partial charge is 0.399 e. The molecule has 4 N–H and O–H groups in total. The summed E-state index contributed by atoms with van der Waals surface area (Å²) in [5, 5.41) is 6.25. The van der Waals surface area contributed by atoms with Crippen LogP contribution in [0.5, 0.6) is 0 Å². The van der Waals surface area contributed by atoms with Gasteiger partial charge in [-0.2, -0.15) is 0 Å². The summed E-state index contributed by atoms with van der Waals surface area (Å²) in [6.45, 7) is 3.19. The summed E-state index contributed by atoms with van der Waals surface area (Å²) < 4.78 is 0. The van der Waals surface area contributed by atoms with Crippen molar-refractivity contribution in [1.82, 2.24) is 10.2 Å². The lowest BCUT2D eigenvalue weighted by Crippen LogP contribution is -2.46. The van der Waals surface area contributed by atoms with E-state index in [1.54, 1.807) is 19.2 Å². The maximum atomic E-state index is 12.3. The van der Waals surface area contributed by atoms with Crippen molar-refractivity contribution in [2.45, 2.75) is 0 Å². The predicted octanol–water partition coefficient (Wildman–Crippen LogP) is 0.356. The minimum Gasteiger partial charge on any atom is -0.399 e. The van der Waals surface area contributed by atoms with Crippen LogP contribution in [0.4, 0.5) is 11.4 Å². The molecule has 17 heavy (non-hydrogen) atoms. The van der Waals surface area contributed by atoms with Gasteiger partial charge in [0.25, 0.3) is 5.91 Å². The van der Waals surface area contributed by atoms with Gasteiger partial charge in [-0.15, -0.1) is 0 Å². The Hall–Kier alpha value is -1.75. The van der Waals surface area contributed by atoms with Gasteiger partial charge in [-0.25, -0.2) is 0 Å². The molecule has 1 aromatic rings. The maximum Gasteiger partial charge on any atom is 0.256 e. The van der Waals surface area contributed by atoms with E-state index in [-0.39, 0.29) is 5.91 Å². The van der Waals surface area contributed by atoms with Crippen LogP contribution in [0.25, 0.3) is 0 Å². The van der Waals surface area contributed by atoms with Crippen LogP contribution in [-0.2, 0) is 0 Å². The molecule has 0 saturated carbocycles. The monoisotopic (exact) mass is 234 g/mol. The number of rotatable bonds is 2. The van der Waals surface area contributed by atoms with Gasteiger partial charge in [-0.1, -0.05) is 0 Å². The first-order valence-electron chi connectivity index (χ1n) is 5.79. The van der Waals surface area contributed by atoms with E-state index in [4.69, 9.17) is 5.73 Å². The summed E-state index contributed by atoms with van der Waals surface area (Å²) >= 11 is 0. The molecule has 0 unspecified atom stereocenters. The van der Waals surface area contributed by atoms with Gasteiger partial charge in [0, 0.05) is 44.6 Å². The van der Waals surface area contributed by atoms with E-state index >= 15 is 0 Å². The molecule has 1 aromatic carbocycles. The second-order valence-electron chi connectivity index (χ2n) is 4.10. The van der Waals surface area contributed by atoms with Gasteiger partial charge >= 0.3 is 0 Å². The number of nitrogens with two attached hydrogens (primary N) is 1. The fourth-order valence-corrected chi connectivity index (χ4v) is 2.00. The topological polar surface area (TPSA) is 70.4 Å². The number of piperazine rings is 1. The second kappa shape index (κ2) is 5.05. The van der Waals surface area contributed by atoms with E-state index in [0.717, 1.165) is 31.9 Å². The summed E-state index contributed by atoms with van der Waals surface area (Å²) in [7, 11) is 1.81.